The smallest absolute Gasteiger partial charge is 0.368 e. The first-order valence-electron chi connectivity index (χ1n) is 6.69. The number of nitrogens with zero attached hydrogens (tertiary/aromatic N) is 1. The number of hydrogen-bond donors (Lipinski definition) is 2. The molecule has 2 rings (SSSR count). The van der Waals surface area contributed by atoms with Gasteiger partial charge in [0.25, 0.3) is 0 Å². The van der Waals surface area contributed by atoms with Crippen LogP contribution in [-0.2, 0) is 16.5 Å². The van der Waals surface area contributed by atoms with Crippen LogP contribution in [0.2, 0.25) is 0 Å². The van der Waals surface area contributed by atoms with Gasteiger partial charge in [0.1, 0.15) is 5.54 Å². The molecule has 0 aliphatic carbocycles. The van der Waals surface area contributed by atoms with Gasteiger partial charge in [0.2, 0.25) is 5.91 Å². The van der Waals surface area contributed by atoms with Crippen LogP contribution >= 0.6 is 0 Å². The van der Waals surface area contributed by atoms with Gasteiger partial charge in [-0.3, -0.25) is 9.69 Å². The fourth-order valence-corrected chi connectivity index (χ4v) is 2.58. The van der Waals surface area contributed by atoms with Crippen LogP contribution in [0.15, 0.2) is 24.3 Å². The summed E-state index contributed by atoms with van der Waals surface area (Å²) in [6.45, 7) is 4.30. The van der Waals surface area contributed by atoms with E-state index in [0.29, 0.717) is 31.7 Å². The monoisotopic (exact) mass is 301 g/mol. The number of benzene rings is 1. The number of alkyl halides is 3. The molecule has 0 aromatic heterocycles. The van der Waals surface area contributed by atoms with E-state index in [1.165, 1.54) is 12.1 Å². The maximum atomic E-state index is 12.6. The Bertz CT molecular complexity index is 509. The maximum Gasteiger partial charge on any atom is 0.416 e. The van der Waals surface area contributed by atoms with E-state index in [0.717, 1.165) is 12.1 Å². The highest BCUT2D eigenvalue weighted by Gasteiger charge is 2.40. The molecule has 0 saturated carbocycles. The average molecular weight is 301 g/mol. The van der Waals surface area contributed by atoms with Crippen LogP contribution < -0.4 is 11.1 Å². The number of hydrogen-bond acceptors (Lipinski definition) is 3. The second kappa shape index (κ2) is 5.65. The highest BCUT2D eigenvalue weighted by molar-refractivity contribution is 5.85. The van der Waals surface area contributed by atoms with Gasteiger partial charge in [-0.25, -0.2) is 0 Å². The Kier molecular flexibility index (Phi) is 4.25. The molecule has 1 aromatic rings. The van der Waals surface area contributed by atoms with Crippen molar-refractivity contribution in [3.05, 3.63) is 35.4 Å². The van der Waals surface area contributed by atoms with E-state index in [2.05, 4.69) is 5.32 Å². The topological polar surface area (TPSA) is 58.4 Å². The molecule has 7 heteroatoms. The van der Waals surface area contributed by atoms with Crippen LogP contribution in [0, 0.1) is 0 Å². The van der Waals surface area contributed by atoms with Gasteiger partial charge in [-0.05, 0) is 24.6 Å². The molecule has 1 aliphatic rings. The van der Waals surface area contributed by atoms with E-state index < -0.39 is 23.2 Å². The molecule has 3 N–H and O–H groups in total. The molecule has 1 aliphatic heterocycles. The molecule has 0 spiro atoms. The molecule has 116 valence electrons. The van der Waals surface area contributed by atoms with Crippen molar-refractivity contribution in [3.63, 3.8) is 0 Å². The minimum absolute atomic E-state index is 0.477. The summed E-state index contributed by atoms with van der Waals surface area (Å²) in [5.74, 6) is -0.566. The molecular weight excluding hydrogens is 283 g/mol. The van der Waals surface area contributed by atoms with Gasteiger partial charge < -0.3 is 11.1 Å². The van der Waals surface area contributed by atoms with E-state index in [-0.39, 0.29) is 0 Å². The van der Waals surface area contributed by atoms with Crippen LogP contribution in [0.3, 0.4) is 0 Å². The van der Waals surface area contributed by atoms with Crippen molar-refractivity contribution in [1.29, 1.82) is 0 Å². The van der Waals surface area contributed by atoms with Crippen LogP contribution in [0.1, 0.15) is 18.1 Å². The molecule has 1 atom stereocenters. The zero-order valence-corrected chi connectivity index (χ0v) is 11.7. The van der Waals surface area contributed by atoms with Crippen LogP contribution in [0.25, 0.3) is 0 Å². The third-order valence-electron chi connectivity index (χ3n) is 4.00. The van der Waals surface area contributed by atoms with E-state index in [1.54, 1.807) is 6.92 Å². The number of nitrogens with two attached hydrogens (primary N) is 1. The molecule has 1 aromatic carbocycles. The summed E-state index contributed by atoms with van der Waals surface area (Å²) >= 11 is 0. The Labute approximate surface area is 121 Å². The van der Waals surface area contributed by atoms with Crippen molar-refractivity contribution in [2.75, 3.05) is 26.2 Å². The molecule has 21 heavy (non-hydrogen) atoms. The van der Waals surface area contributed by atoms with Gasteiger partial charge in [-0.2, -0.15) is 13.2 Å². The Hall–Kier alpha value is -1.60. The fraction of sp³-hybridized carbons (Fsp3) is 0.500. The number of halogens is 3. The second-order valence-electron chi connectivity index (χ2n) is 5.25. The third-order valence-corrected chi connectivity index (χ3v) is 4.00. The van der Waals surface area contributed by atoms with Crippen molar-refractivity contribution in [2.24, 2.45) is 5.73 Å². The first kappa shape index (κ1) is 15.8. The lowest BCUT2D eigenvalue weighted by atomic mass is 9.88. The third kappa shape index (κ3) is 3.03. The lowest BCUT2D eigenvalue weighted by Crippen LogP contribution is -2.58. The SMILES string of the molecule is CC(C(N)=O)(c1ccc(C(F)(F)F)cc1)N1CCNCC1. The van der Waals surface area contributed by atoms with E-state index in [1.807, 2.05) is 4.90 Å². The van der Waals surface area contributed by atoms with Gasteiger partial charge in [0.15, 0.2) is 0 Å². The number of piperazine rings is 1. The highest BCUT2D eigenvalue weighted by atomic mass is 19.4. The minimum Gasteiger partial charge on any atom is -0.368 e. The van der Waals surface area contributed by atoms with Gasteiger partial charge in [0, 0.05) is 26.2 Å². The summed E-state index contributed by atoms with van der Waals surface area (Å²) in [7, 11) is 0. The Morgan fingerprint density at radius 3 is 2.05 bits per heavy atom. The van der Waals surface area contributed by atoms with E-state index >= 15 is 0 Å². The van der Waals surface area contributed by atoms with Gasteiger partial charge in [-0.15, -0.1) is 0 Å². The molecular formula is C14H18F3N3O. The highest BCUT2D eigenvalue weighted by Crippen LogP contribution is 2.33. The second-order valence-corrected chi connectivity index (χ2v) is 5.25. The van der Waals surface area contributed by atoms with Crippen molar-refractivity contribution in [2.45, 2.75) is 18.6 Å². The van der Waals surface area contributed by atoms with Crippen LogP contribution in [0.5, 0.6) is 0 Å². The lowest BCUT2D eigenvalue weighted by molar-refractivity contribution is -0.137. The standard InChI is InChI=1S/C14H18F3N3O/c1-13(12(18)21,20-8-6-19-7-9-20)10-2-4-11(5-3-10)14(15,16)17/h2-5,19H,6-9H2,1H3,(H2,18,21). The summed E-state index contributed by atoms with van der Waals surface area (Å²) in [4.78, 5) is 13.8. The molecule has 1 unspecified atom stereocenters. The van der Waals surface area contributed by atoms with Crippen LogP contribution in [-0.4, -0.2) is 37.0 Å². The molecule has 1 saturated heterocycles. The van der Waals surface area contributed by atoms with Crippen molar-refractivity contribution in [1.82, 2.24) is 10.2 Å². The zero-order valence-electron chi connectivity index (χ0n) is 11.7. The van der Waals surface area contributed by atoms with E-state index in [4.69, 9.17) is 5.73 Å². The molecule has 1 amide bonds. The maximum absolute atomic E-state index is 12.6. The number of carbonyl (C=O) groups is 1. The first-order chi connectivity index (χ1) is 9.76. The summed E-state index contributed by atoms with van der Waals surface area (Å²) in [6.07, 6.45) is -4.39. The minimum atomic E-state index is -4.39. The molecule has 4 nitrogen and oxygen atoms in total. The molecule has 0 radical (unpaired) electrons. The lowest BCUT2D eigenvalue weighted by Gasteiger charge is -2.41. The number of amides is 1. The number of rotatable bonds is 3. The molecule has 1 fully saturated rings. The summed E-state index contributed by atoms with van der Waals surface area (Å²) in [5, 5.41) is 3.16. The summed E-state index contributed by atoms with van der Waals surface area (Å²) < 4.78 is 37.9. The average Bonchev–Trinajstić information content (AvgIpc) is 2.46. The fourth-order valence-electron chi connectivity index (χ4n) is 2.58. The summed E-state index contributed by atoms with van der Waals surface area (Å²) in [5.41, 5.74) is 4.17. The summed E-state index contributed by atoms with van der Waals surface area (Å²) in [6, 6.07) is 4.63. The van der Waals surface area contributed by atoms with Gasteiger partial charge in [0.05, 0.1) is 5.56 Å². The predicted molar refractivity (Wildman–Crippen MR) is 72.4 cm³/mol. The van der Waals surface area contributed by atoms with Crippen molar-refractivity contribution >= 4 is 5.91 Å². The van der Waals surface area contributed by atoms with Crippen molar-refractivity contribution in [3.8, 4) is 0 Å². The Morgan fingerprint density at radius 2 is 1.62 bits per heavy atom. The van der Waals surface area contributed by atoms with Gasteiger partial charge in [-0.1, -0.05) is 12.1 Å². The van der Waals surface area contributed by atoms with Crippen molar-refractivity contribution < 1.29 is 18.0 Å². The quantitative estimate of drug-likeness (QED) is 0.885. The first-order valence-corrected chi connectivity index (χ1v) is 6.69. The molecule has 1 heterocycles. The van der Waals surface area contributed by atoms with Gasteiger partial charge >= 0.3 is 6.18 Å². The number of carbonyl (C=O) groups excluding carboxylic acids is 1. The molecule has 0 bridgehead atoms. The van der Waals surface area contributed by atoms with Crippen LogP contribution in [0.4, 0.5) is 13.2 Å². The van der Waals surface area contributed by atoms with E-state index in [9.17, 15) is 18.0 Å². The normalized spacial score (nSPS) is 20.0. The largest absolute Gasteiger partial charge is 0.416 e. The predicted octanol–water partition coefficient (Wildman–Crippen LogP) is 1.31. The number of primary amides is 1. The number of nitrogens with one attached hydrogen (secondary N) is 1. The Morgan fingerprint density at radius 1 is 1.14 bits per heavy atom. The zero-order chi connectivity index (χ0) is 15.7. The Balaban J connectivity index is 2.36.